The van der Waals surface area contributed by atoms with E-state index in [1.165, 1.54) is 32.1 Å². The zero-order valence-corrected chi connectivity index (χ0v) is 11.4. The maximum Gasteiger partial charge on any atom is 0.273 e. The summed E-state index contributed by atoms with van der Waals surface area (Å²) in [5.41, 5.74) is 0.896. The molecule has 19 heavy (non-hydrogen) atoms. The van der Waals surface area contributed by atoms with Gasteiger partial charge in [-0.15, -0.1) is 0 Å². The first-order chi connectivity index (χ1) is 9.10. The number of nitrogens with one attached hydrogen (secondary N) is 1. The Morgan fingerprint density at radius 3 is 2.58 bits per heavy atom. The molecule has 1 fully saturated rings. The fraction of sp³-hybridized carbons (Fsp3) is 0.571. The van der Waals surface area contributed by atoms with Gasteiger partial charge in [0.2, 0.25) is 0 Å². The summed E-state index contributed by atoms with van der Waals surface area (Å²) in [7, 11) is 1.53. The molecule has 1 aliphatic carbocycles. The fourth-order valence-electron chi connectivity index (χ4n) is 2.54. The van der Waals surface area contributed by atoms with Gasteiger partial charge in [-0.1, -0.05) is 6.92 Å². The number of hydrogen-bond donors (Lipinski definition) is 1. The molecule has 0 spiro atoms. The lowest BCUT2D eigenvalue weighted by molar-refractivity contribution is -0.384. The first kappa shape index (κ1) is 13.6. The molecule has 0 amide bonds. The van der Waals surface area contributed by atoms with Crippen LogP contribution in [0.1, 0.15) is 32.6 Å². The summed E-state index contributed by atoms with van der Waals surface area (Å²) in [6, 6.07) is 5.14. The minimum absolute atomic E-state index is 0.0552. The highest BCUT2D eigenvalue weighted by molar-refractivity contribution is 5.61. The molecule has 1 saturated carbocycles. The van der Waals surface area contributed by atoms with Gasteiger partial charge in [-0.3, -0.25) is 10.1 Å². The predicted octanol–water partition coefficient (Wildman–Crippen LogP) is 3.59. The molecular formula is C14H20N2O3. The highest BCUT2D eigenvalue weighted by Crippen LogP contribution is 2.32. The third-order valence-corrected chi connectivity index (χ3v) is 3.77. The molecule has 1 N–H and O–H groups in total. The van der Waals surface area contributed by atoms with Crippen molar-refractivity contribution in [3.63, 3.8) is 0 Å². The summed E-state index contributed by atoms with van der Waals surface area (Å²) in [6.45, 7) is 2.28. The lowest BCUT2D eigenvalue weighted by Crippen LogP contribution is -2.25. The number of benzene rings is 1. The van der Waals surface area contributed by atoms with Crippen molar-refractivity contribution in [1.82, 2.24) is 0 Å². The number of nitrogens with zero attached hydrogens (tertiary/aromatic N) is 1. The minimum atomic E-state index is -0.408. The number of hydrogen-bond acceptors (Lipinski definition) is 4. The Morgan fingerprint density at radius 2 is 2.00 bits per heavy atom. The Kier molecular flexibility index (Phi) is 4.24. The third-order valence-electron chi connectivity index (χ3n) is 3.77. The van der Waals surface area contributed by atoms with Gasteiger partial charge in [0.1, 0.15) is 5.75 Å². The minimum Gasteiger partial charge on any atom is -0.494 e. The molecule has 1 aliphatic rings. The standard InChI is InChI=1S/C14H20N2O3/c1-10-3-5-11(6-4-10)15-13-8-7-12(16(17)18)9-14(13)19-2/h7-11,15H,3-6H2,1-2H3. The van der Waals surface area contributed by atoms with Gasteiger partial charge in [-0.2, -0.15) is 0 Å². The molecule has 0 heterocycles. The van der Waals surface area contributed by atoms with E-state index in [4.69, 9.17) is 4.74 Å². The summed E-state index contributed by atoms with van der Waals surface area (Å²) < 4.78 is 5.23. The first-order valence-electron chi connectivity index (χ1n) is 6.69. The first-order valence-corrected chi connectivity index (χ1v) is 6.69. The molecule has 0 unspecified atom stereocenters. The summed E-state index contributed by atoms with van der Waals surface area (Å²) >= 11 is 0. The van der Waals surface area contributed by atoms with E-state index in [1.807, 2.05) is 0 Å². The van der Waals surface area contributed by atoms with Crippen molar-refractivity contribution in [1.29, 1.82) is 0 Å². The monoisotopic (exact) mass is 264 g/mol. The van der Waals surface area contributed by atoms with Gasteiger partial charge in [0.25, 0.3) is 5.69 Å². The van der Waals surface area contributed by atoms with Gasteiger partial charge in [0.15, 0.2) is 0 Å². The molecule has 5 nitrogen and oxygen atoms in total. The van der Waals surface area contributed by atoms with Crippen LogP contribution in [0.15, 0.2) is 18.2 Å². The van der Waals surface area contributed by atoms with Crippen molar-refractivity contribution >= 4 is 11.4 Å². The molecule has 0 aromatic heterocycles. The Balaban J connectivity index is 2.09. The molecule has 0 aliphatic heterocycles. The number of rotatable bonds is 4. The highest BCUT2D eigenvalue weighted by atomic mass is 16.6. The van der Waals surface area contributed by atoms with E-state index in [2.05, 4.69) is 12.2 Å². The SMILES string of the molecule is COc1cc([N+](=O)[O-])ccc1NC1CCC(C)CC1. The molecule has 1 aromatic carbocycles. The van der Waals surface area contributed by atoms with E-state index in [-0.39, 0.29) is 5.69 Å². The van der Waals surface area contributed by atoms with Gasteiger partial charge >= 0.3 is 0 Å². The molecule has 1 aromatic rings. The number of anilines is 1. The number of ether oxygens (including phenoxy) is 1. The maximum absolute atomic E-state index is 10.7. The van der Waals surface area contributed by atoms with E-state index >= 15 is 0 Å². The van der Waals surface area contributed by atoms with Crippen LogP contribution in [-0.4, -0.2) is 18.1 Å². The second-order valence-electron chi connectivity index (χ2n) is 5.24. The molecule has 0 saturated heterocycles. The van der Waals surface area contributed by atoms with Crippen molar-refractivity contribution in [2.24, 2.45) is 5.92 Å². The summed E-state index contributed by atoms with van der Waals surface area (Å²) in [5, 5.41) is 14.2. The smallest absolute Gasteiger partial charge is 0.273 e. The van der Waals surface area contributed by atoms with Gasteiger partial charge in [-0.05, 0) is 37.7 Å². The number of methoxy groups -OCH3 is 1. The average Bonchev–Trinajstić information content (AvgIpc) is 2.41. The Bertz CT molecular complexity index is 454. The predicted molar refractivity (Wildman–Crippen MR) is 74.7 cm³/mol. The van der Waals surface area contributed by atoms with E-state index in [0.717, 1.165) is 24.4 Å². The second-order valence-corrected chi connectivity index (χ2v) is 5.24. The Labute approximate surface area is 113 Å². The zero-order chi connectivity index (χ0) is 13.8. The van der Waals surface area contributed by atoms with Crippen molar-refractivity contribution < 1.29 is 9.66 Å². The molecule has 2 rings (SSSR count). The van der Waals surface area contributed by atoms with Crippen molar-refractivity contribution in [3.8, 4) is 5.75 Å². The van der Waals surface area contributed by atoms with Crippen molar-refractivity contribution in [2.75, 3.05) is 12.4 Å². The van der Waals surface area contributed by atoms with Gasteiger partial charge < -0.3 is 10.1 Å². The van der Waals surface area contributed by atoms with Gasteiger partial charge in [0.05, 0.1) is 23.8 Å². The zero-order valence-electron chi connectivity index (χ0n) is 11.4. The molecule has 5 heteroatoms. The number of nitro benzene ring substituents is 1. The molecule has 0 bridgehead atoms. The van der Waals surface area contributed by atoms with E-state index < -0.39 is 4.92 Å². The molecular weight excluding hydrogens is 244 g/mol. The Morgan fingerprint density at radius 1 is 1.32 bits per heavy atom. The van der Waals surface area contributed by atoms with E-state index in [9.17, 15) is 10.1 Å². The highest BCUT2D eigenvalue weighted by Gasteiger charge is 2.20. The van der Waals surface area contributed by atoms with Crippen LogP contribution in [0.25, 0.3) is 0 Å². The molecule has 104 valence electrons. The van der Waals surface area contributed by atoms with Crippen LogP contribution in [-0.2, 0) is 0 Å². The topological polar surface area (TPSA) is 64.4 Å². The number of non-ortho nitro benzene ring substituents is 1. The van der Waals surface area contributed by atoms with Crippen LogP contribution < -0.4 is 10.1 Å². The lowest BCUT2D eigenvalue weighted by atomic mass is 9.87. The lowest BCUT2D eigenvalue weighted by Gasteiger charge is -2.28. The van der Waals surface area contributed by atoms with Crippen LogP contribution >= 0.6 is 0 Å². The largest absolute Gasteiger partial charge is 0.494 e. The second kappa shape index (κ2) is 5.91. The summed E-state index contributed by atoms with van der Waals surface area (Å²) in [6.07, 6.45) is 4.74. The maximum atomic E-state index is 10.7. The van der Waals surface area contributed by atoms with E-state index in [0.29, 0.717) is 11.8 Å². The van der Waals surface area contributed by atoms with Gasteiger partial charge in [0, 0.05) is 12.1 Å². The average molecular weight is 264 g/mol. The molecule has 0 radical (unpaired) electrons. The Hall–Kier alpha value is -1.78. The van der Waals surface area contributed by atoms with Crippen molar-refractivity contribution in [3.05, 3.63) is 28.3 Å². The van der Waals surface area contributed by atoms with Crippen LogP contribution in [0.2, 0.25) is 0 Å². The third kappa shape index (κ3) is 3.36. The van der Waals surface area contributed by atoms with Crippen LogP contribution in [0.3, 0.4) is 0 Å². The molecule has 0 atom stereocenters. The van der Waals surface area contributed by atoms with E-state index in [1.54, 1.807) is 6.07 Å². The summed E-state index contributed by atoms with van der Waals surface area (Å²) in [5.74, 6) is 1.34. The fourth-order valence-corrected chi connectivity index (χ4v) is 2.54. The van der Waals surface area contributed by atoms with Crippen LogP contribution in [0.5, 0.6) is 5.75 Å². The quantitative estimate of drug-likeness (QED) is 0.666. The normalized spacial score (nSPS) is 22.8. The summed E-state index contributed by atoms with van der Waals surface area (Å²) in [4.78, 5) is 10.3. The van der Waals surface area contributed by atoms with Gasteiger partial charge in [-0.25, -0.2) is 0 Å². The van der Waals surface area contributed by atoms with Crippen LogP contribution in [0.4, 0.5) is 11.4 Å². The number of nitro groups is 1. The van der Waals surface area contributed by atoms with Crippen LogP contribution in [0, 0.1) is 16.0 Å². The van der Waals surface area contributed by atoms with Crippen molar-refractivity contribution in [2.45, 2.75) is 38.6 Å².